The molecule has 1 aliphatic heterocycles. The largest absolute Gasteiger partial charge is 0.349 e. The number of rotatable bonds is 3. The zero-order valence-corrected chi connectivity index (χ0v) is 17.3. The Morgan fingerprint density at radius 3 is 2.81 bits per heavy atom. The molecule has 1 atom stereocenters. The zero-order chi connectivity index (χ0) is 22.4. The Labute approximate surface area is 178 Å². The number of aromatic nitrogens is 2. The van der Waals surface area contributed by atoms with Crippen molar-refractivity contribution in [2.24, 2.45) is 0 Å². The van der Waals surface area contributed by atoms with E-state index in [9.17, 15) is 22.8 Å². The van der Waals surface area contributed by atoms with Gasteiger partial charge in [-0.25, -0.2) is 23.1 Å². The first-order valence-electron chi connectivity index (χ1n) is 10.3. The SMILES string of the molecule is Cc1nccc(N2CCCCC(F)(F)CC(NC(=O)c3cccc(F)c3)CCC2=O)n1. The molecule has 2 amide bonds. The number of hydrogen-bond donors (Lipinski definition) is 1. The maximum atomic E-state index is 14.5. The molecule has 9 heteroatoms. The molecule has 1 aliphatic rings. The average molecular weight is 434 g/mol. The predicted octanol–water partition coefficient (Wildman–Crippen LogP) is 4.05. The second-order valence-corrected chi connectivity index (χ2v) is 7.74. The predicted molar refractivity (Wildman–Crippen MR) is 109 cm³/mol. The maximum Gasteiger partial charge on any atom is 0.251 e. The first-order valence-corrected chi connectivity index (χ1v) is 10.3. The number of hydrogen-bond acceptors (Lipinski definition) is 4. The highest BCUT2D eigenvalue weighted by molar-refractivity contribution is 5.94. The van der Waals surface area contributed by atoms with Crippen molar-refractivity contribution < 1.29 is 22.8 Å². The molecule has 6 nitrogen and oxygen atoms in total. The molecule has 1 unspecified atom stereocenters. The highest BCUT2D eigenvalue weighted by atomic mass is 19.3. The van der Waals surface area contributed by atoms with E-state index in [4.69, 9.17) is 0 Å². The third-order valence-electron chi connectivity index (χ3n) is 5.19. The van der Waals surface area contributed by atoms with Crippen LogP contribution in [0.3, 0.4) is 0 Å². The normalized spacial score (nSPS) is 20.1. The summed E-state index contributed by atoms with van der Waals surface area (Å²) in [5, 5.41) is 2.56. The van der Waals surface area contributed by atoms with Crippen molar-refractivity contribution in [1.29, 1.82) is 0 Å². The number of carbonyl (C=O) groups is 2. The van der Waals surface area contributed by atoms with E-state index in [1.807, 2.05) is 0 Å². The van der Waals surface area contributed by atoms with Crippen LogP contribution < -0.4 is 10.2 Å². The van der Waals surface area contributed by atoms with Crippen LogP contribution in [0.2, 0.25) is 0 Å². The zero-order valence-electron chi connectivity index (χ0n) is 17.3. The lowest BCUT2D eigenvalue weighted by Gasteiger charge is -2.24. The molecular weight excluding hydrogens is 409 g/mol. The molecule has 2 heterocycles. The van der Waals surface area contributed by atoms with Gasteiger partial charge in [0.05, 0.1) is 0 Å². The lowest BCUT2D eigenvalue weighted by molar-refractivity contribution is -0.119. The van der Waals surface area contributed by atoms with E-state index in [1.165, 1.54) is 23.1 Å². The number of carbonyl (C=O) groups excluding carboxylic acids is 2. The first-order chi connectivity index (χ1) is 14.7. The molecule has 0 radical (unpaired) electrons. The summed E-state index contributed by atoms with van der Waals surface area (Å²) in [5.74, 6) is -3.54. The molecule has 31 heavy (non-hydrogen) atoms. The molecule has 2 aromatic rings. The van der Waals surface area contributed by atoms with Crippen LogP contribution in [0, 0.1) is 12.7 Å². The van der Waals surface area contributed by atoms with Gasteiger partial charge in [-0.3, -0.25) is 14.5 Å². The van der Waals surface area contributed by atoms with E-state index in [-0.39, 0.29) is 43.7 Å². The number of halogens is 3. The Morgan fingerprint density at radius 1 is 1.26 bits per heavy atom. The molecule has 1 N–H and O–H groups in total. The van der Waals surface area contributed by atoms with Crippen molar-refractivity contribution >= 4 is 17.6 Å². The number of nitrogens with one attached hydrogen (secondary N) is 1. The van der Waals surface area contributed by atoms with Crippen molar-refractivity contribution in [3.05, 3.63) is 53.7 Å². The smallest absolute Gasteiger partial charge is 0.251 e. The molecule has 3 rings (SSSR count). The average Bonchev–Trinajstić information content (AvgIpc) is 2.73. The van der Waals surface area contributed by atoms with Gasteiger partial charge in [-0.15, -0.1) is 0 Å². The topological polar surface area (TPSA) is 75.2 Å². The monoisotopic (exact) mass is 434 g/mol. The molecule has 1 aromatic heterocycles. The Kier molecular flexibility index (Phi) is 7.25. The van der Waals surface area contributed by atoms with Gasteiger partial charge in [-0.2, -0.15) is 0 Å². The standard InChI is InChI=1S/C22H25F3N4O2/c1-15-26-11-9-19(27-15)29-12-3-2-10-22(24,25)14-18(7-8-20(29)30)28-21(31)16-5-4-6-17(23)13-16/h4-6,9,11,13,18H,2-3,7-8,10,12,14H2,1H3,(H,28,31). The van der Waals surface area contributed by atoms with Crippen LogP contribution in [0.4, 0.5) is 19.0 Å². The van der Waals surface area contributed by atoms with Crippen LogP contribution in [0.25, 0.3) is 0 Å². The molecule has 0 spiro atoms. The van der Waals surface area contributed by atoms with E-state index < -0.39 is 30.1 Å². The van der Waals surface area contributed by atoms with Crippen LogP contribution in [-0.4, -0.2) is 40.3 Å². The molecule has 1 aromatic carbocycles. The minimum Gasteiger partial charge on any atom is -0.349 e. The molecule has 1 saturated heterocycles. The molecule has 1 fully saturated rings. The van der Waals surface area contributed by atoms with Crippen molar-refractivity contribution in [2.75, 3.05) is 11.4 Å². The van der Waals surface area contributed by atoms with Gasteiger partial charge < -0.3 is 5.32 Å². The van der Waals surface area contributed by atoms with Crippen molar-refractivity contribution in [1.82, 2.24) is 15.3 Å². The Morgan fingerprint density at radius 2 is 2.06 bits per heavy atom. The third kappa shape index (κ3) is 6.50. The van der Waals surface area contributed by atoms with E-state index in [1.54, 1.807) is 19.2 Å². The minimum absolute atomic E-state index is 0.0345. The molecule has 0 bridgehead atoms. The van der Waals surface area contributed by atoms with Gasteiger partial charge in [-0.05, 0) is 50.5 Å². The lowest BCUT2D eigenvalue weighted by Crippen LogP contribution is -2.40. The summed E-state index contributed by atoms with van der Waals surface area (Å²) in [7, 11) is 0. The number of aryl methyl sites for hydroxylation is 1. The lowest BCUT2D eigenvalue weighted by atomic mass is 9.99. The fourth-order valence-corrected chi connectivity index (χ4v) is 3.63. The van der Waals surface area contributed by atoms with Gasteiger partial charge in [0.25, 0.3) is 5.91 Å². The van der Waals surface area contributed by atoms with Gasteiger partial charge in [-0.1, -0.05) is 6.07 Å². The number of amides is 2. The molecule has 0 aliphatic carbocycles. The minimum atomic E-state index is -2.98. The summed E-state index contributed by atoms with van der Waals surface area (Å²) in [6, 6.07) is 5.71. The fraction of sp³-hybridized carbons (Fsp3) is 0.455. The molecule has 0 saturated carbocycles. The van der Waals surface area contributed by atoms with Crippen LogP contribution in [0.15, 0.2) is 36.5 Å². The summed E-state index contributed by atoms with van der Waals surface area (Å²) in [5.41, 5.74) is 0.0436. The number of benzene rings is 1. The summed E-state index contributed by atoms with van der Waals surface area (Å²) in [4.78, 5) is 35.1. The molecule has 166 valence electrons. The van der Waals surface area contributed by atoms with E-state index >= 15 is 0 Å². The van der Waals surface area contributed by atoms with Crippen LogP contribution in [0.1, 0.15) is 54.7 Å². The first kappa shape index (κ1) is 22.7. The summed E-state index contributed by atoms with van der Waals surface area (Å²) < 4.78 is 42.4. The van der Waals surface area contributed by atoms with Crippen LogP contribution in [0.5, 0.6) is 0 Å². The Hall–Kier alpha value is -2.97. The van der Waals surface area contributed by atoms with Crippen molar-refractivity contribution in [3.63, 3.8) is 0 Å². The van der Waals surface area contributed by atoms with Gasteiger partial charge >= 0.3 is 0 Å². The van der Waals surface area contributed by atoms with Gasteiger partial charge in [0.2, 0.25) is 11.8 Å². The maximum absolute atomic E-state index is 14.5. The highest BCUT2D eigenvalue weighted by Gasteiger charge is 2.34. The van der Waals surface area contributed by atoms with Crippen LogP contribution in [-0.2, 0) is 4.79 Å². The van der Waals surface area contributed by atoms with Gasteiger partial charge in [0.1, 0.15) is 17.5 Å². The Balaban J connectivity index is 1.77. The van der Waals surface area contributed by atoms with Crippen molar-refractivity contribution in [3.8, 4) is 0 Å². The Bertz CT molecular complexity index is 938. The summed E-state index contributed by atoms with van der Waals surface area (Å²) in [6.07, 6.45) is 1.27. The van der Waals surface area contributed by atoms with E-state index in [2.05, 4.69) is 15.3 Å². The fourth-order valence-electron chi connectivity index (χ4n) is 3.63. The van der Waals surface area contributed by atoms with Gasteiger partial charge in [0, 0.05) is 43.6 Å². The summed E-state index contributed by atoms with van der Waals surface area (Å²) in [6.45, 7) is 1.99. The number of anilines is 1. The number of alkyl halides is 2. The second-order valence-electron chi connectivity index (χ2n) is 7.74. The van der Waals surface area contributed by atoms with E-state index in [0.29, 0.717) is 18.1 Å². The molecular formula is C22H25F3N4O2. The second kappa shape index (κ2) is 9.89. The van der Waals surface area contributed by atoms with Crippen LogP contribution >= 0.6 is 0 Å². The quantitative estimate of drug-likeness (QED) is 0.791. The van der Waals surface area contributed by atoms with Gasteiger partial charge in [0.15, 0.2) is 0 Å². The van der Waals surface area contributed by atoms with E-state index in [0.717, 1.165) is 6.07 Å². The highest BCUT2D eigenvalue weighted by Crippen LogP contribution is 2.29. The summed E-state index contributed by atoms with van der Waals surface area (Å²) >= 11 is 0. The van der Waals surface area contributed by atoms with Crippen molar-refractivity contribution in [2.45, 2.75) is 57.4 Å². The number of nitrogens with zero attached hydrogens (tertiary/aromatic N) is 3. The third-order valence-corrected chi connectivity index (χ3v) is 5.19.